The van der Waals surface area contributed by atoms with Gasteiger partial charge in [-0.15, -0.1) is 13.2 Å². The Morgan fingerprint density at radius 3 is 2.42 bits per heavy atom. The SMILES string of the molecule is COC(=O)c1c(OC(F)(F)F)cnc(I)c1C(F)F. The molecule has 0 aliphatic heterocycles. The first-order valence-electron chi connectivity index (χ1n) is 4.48. The molecule has 0 bridgehead atoms. The van der Waals surface area contributed by atoms with Crippen molar-refractivity contribution < 1.29 is 36.2 Å². The molecule has 0 fully saturated rings. The zero-order valence-electron chi connectivity index (χ0n) is 9.09. The number of methoxy groups -OCH3 is 1. The maximum Gasteiger partial charge on any atom is 0.573 e. The molecular weight excluding hydrogens is 392 g/mol. The Hall–Kier alpha value is -1.20. The van der Waals surface area contributed by atoms with Gasteiger partial charge in [-0.2, -0.15) is 0 Å². The number of halogens is 6. The second kappa shape index (κ2) is 5.84. The normalized spacial score (nSPS) is 11.6. The van der Waals surface area contributed by atoms with Crippen LogP contribution >= 0.6 is 22.6 Å². The summed E-state index contributed by atoms with van der Waals surface area (Å²) in [7, 11) is 0.849. The number of hydrogen-bond donors (Lipinski definition) is 0. The van der Waals surface area contributed by atoms with Gasteiger partial charge >= 0.3 is 12.3 Å². The van der Waals surface area contributed by atoms with Crippen LogP contribution in [0.5, 0.6) is 5.75 Å². The standard InChI is InChI=1S/C9H5F5INO3/c1-18-8(17)4-3(19-9(12,13)14)2-16-7(15)5(4)6(10)11/h2,6H,1H3. The van der Waals surface area contributed by atoms with Crippen molar-refractivity contribution in [2.45, 2.75) is 12.8 Å². The lowest BCUT2D eigenvalue weighted by Gasteiger charge is -2.15. The van der Waals surface area contributed by atoms with E-state index in [2.05, 4.69) is 14.5 Å². The van der Waals surface area contributed by atoms with Gasteiger partial charge in [0.25, 0.3) is 6.43 Å². The van der Waals surface area contributed by atoms with Gasteiger partial charge in [0.2, 0.25) is 0 Å². The minimum Gasteiger partial charge on any atom is -0.465 e. The van der Waals surface area contributed by atoms with Crippen LogP contribution in [-0.4, -0.2) is 24.4 Å². The van der Waals surface area contributed by atoms with Gasteiger partial charge in [-0.1, -0.05) is 0 Å². The van der Waals surface area contributed by atoms with E-state index in [1.165, 1.54) is 22.6 Å². The first-order valence-corrected chi connectivity index (χ1v) is 5.56. The summed E-state index contributed by atoms with van der Waals surface area (Å²) in [5, 5.41) is 0. The summed E-state index contributed by atoms with van der Waals surface area (Å²) in [4.78, 5) is 14.7. The summed E-state index contributed by atoms with van der Waals surface area (Å²) in [5.74, 6) is -2.50. The number of nitrogens with zero attached hydrogens (tertiary/aromatic N) is 1. The minimum atomic E-state index is -5.14. The van der Waals surface area contributed by atoms with E-state index in [1.807, 2.05) is 0 Å². The fraction of sp³-hybridized carbons (Fsp3) is 0.333. The molecule has 0 aliphatic carbocycles. The van der Waals surface area contributed by atoms with Crippen molar-refractivity contribution >= 4 is 28.6 Å². The van der Waals surface area contributed by atoms with Crippen molar-refractivity contribution in [3.8, 4) is 5.75 Å². The van der Waals surface area contributed by atoms with Crippen molar-refractivity contribution in [3.63, 3.8) is 0 Å². The van der Waals surface area contributed by atoms with Crippen LogP contribution in [0.2, 0.25) is 0 Å². The number of aromatic nitrogens is 1. The van der Waals surface area contributed by atoms with E-state index in [0.29, 0.717) is 6.20 Å². The number of hydrogen-bond acceptors (Lipinski definition) is 4. The second-order valence-corrected chi connectivity index (χ2v) is 4.06. The smallest absolute Gasteiger partial charge is 0.465 e. The summed E-state index contributed by atoms with van der Waals surface area (Å²) < 4.78 is 69.4. The predicted molar refractivity (Wildman–Crippen MR) is 59.9 cm³/mol. The molecule has 0 atom stereocenters. The molecule has 1 heterocycles. The quantitative estimate of drug-likeness (QED) is 0.340. The van der Waals surface area contributed by atoms with Crippen LogP contribution in [0.4, 0.5) is 22.0 Å². The van der Waals surface area contributed by atoms with Crippen molar-refractivity contribution in [1.82, 2.24) is 4.98 Å². The second-order valence-electron chi connectivity index (χ2n) is 3.04. The van der Waals surface area contributed by atoms with Gasteiger partial charge in [0.1, 0.15) is 9.26 Å². The minimum absolute atomic E-state index is 0.317. The van der Waals surface area contributed by atoms with Gasteiger partial charge in [-0.3, -0.25) is 0 Å². The third-order valence-electron chi connectivity index (χ3n) is 1.87. The topological polar surface area (TPSA) is 48.4 Å². The molecule has 0 unspecified atom stereocenters. The van der Waals surface area contributed by atoms with Gasteiger partial charge in [0, 0.05) is 0 Å². The molecule has 0 N–H and O–H groups in total. The molecule has 0 spiro atoms. The predicted octanol–water partition coefficient (Wildman–Crippen LogP) is 3.31. The number of carbonyl (C=O) groups is 1. The fourth-order valence-corrected chi connectivity index (χ4v) is 1.84. The maximum absolute atomic E-state index is 12.8. The highest BCUT2D eigenvalue weighted by atomic mass is 127. The highest BCUT2D eigenvalue weighted by Gasteiger charge is 2.36. The molecule has 106 valence electrons. The van der Waals surface area contributed by atoms with E-state index < -0.39 is 35.6 Å². The Morgan fingerprint density at radius 2 is 2.00 bits per heavy atom. The Balaban J connectivity index is 3.47. The number of alkyl halides is 5. The Labute approximate surface area is 117 Å². The van der Waals surface area contributed by atoms with Crippen LogP contribution in [0.25, 0.3) is 0 Å². The lowest BCUT2D eigenvalue weighted by atomic mass is 10.1. The van der Waals surface area contributed by atoms with Crippen LogP contribution in [-0.2, 0) is 4.74 Å². The Kier molecular flexibility index (Phi) is 4.87. The van der Waals surface area contributed by atoms with Crippen molar-refractivity contribution in [2.24, 2.45) is 0 Å². The largest absolute Gasteiger partial charge is 0.573 e. The zero-order valence-corrected chi connectivity index (χ0v) is 11.3. The third kappa shape index (κ3) is 3.88. The molecule has 1 rings (SSSR count). The highest BCUT2D eigenvalue weighted by Crippen LogP contribution is 2.35. The summed E-state index contributed by atoms with van der Waals surface area (Å²) in [5.41, 5.74) is -1.96. The summed E-state index contributed by atoms with van der Waals surface area (Å²) >= 11 is 1.37. The highest BCUT2D eigenvalue weighted by molar-refractivity contribution is 14.1. The maximum atomic E-state index is 12.8. The van der Waals surface area contributed by atoms with Crippen LogP contribution in [0.3, 0.4) is 0 Å². The monoisotopic (exact) mass is 397 g/mol. The molecule has 4 nitrogen and oxygen atoms in total. The summed E-state index contributed by atoms with van der Waals surface area (Å²) in [6.45, 7) is 0. The van der Waals surface area contributed by atoms with E-state index in [-0.39, 0.29) is 3.70 Å². The fourth-order valence-electron chi connectivity index (χ4n) is 1.20. The molecule has 0 amide bonds. The molecule has 1 aromatic heterocycles. The molecule has 0 saturated heterocycles. The third-order valence-corrected chi connectivity index (χ3v) is 2.73. The number of ether oxygens (including phenoxy) is 2. The van der Waals surface area contributed by atoms with E-state index in [4.69, 9.17) is 0 Å². The lowest BCUT2D eigenvalue weighted by Crippen LogP contribution is -2.21. The van der Waals surface area contributed by atoms with Crippen molar-refractivity contribution in [2.75, 3.05) is 7.11 Å². The van der Waals surface area contributed by atoms with Crippen LogP contribution in [0.1, 0.15) is 22.3 Å². The Bertz CT molecular complexity index is 491. The van der Waals surface area contributed by atoms with E-state index in [0.717, 1.165) is 7.11 Å². The van der Waals surface area contributed by atoms with Crippen molar-refractivity contribution in [1.29, 1.82) is 0 Å². The average molecular weight is 397 g/mol. The number of carbonyl (C=O) groups excluding carboxylic acids is 1. The lowest BCUT2D eigenvalue weighted by molar-refractivity contribution is -0.274. The summed E-state index contributed by atoms with van der Waals surface area (Å²) in [6.07, 6.45) is -7.81. The van der Waals surface area contributed by atoms with E-state index in [1.54, 1.807) is 0 Å². The number of rotatable bonds is 3. The molecule has 0 radical (unpaired) electrons. The van der Waals surface area contributed by atoms with Crippen molar-refractivity contribution in [3.05, 3.63) is 21.0 Å². The van der Waals surface area contributed by atoms with E-state index >= 15 is 0 Å². The van der Waals surface area contributed by atoms with Gasteiger partial charge in [0.15, 0.2) is 5.75 Å². The van der Waals surface area contributed by atoms with Gasteiger partial charge in [-0.25, -0.2) is 18.6 Å². The molecule has 0 saturated carbocycles. The molecule has 10 heteroatoms. The molecular formula is C9H5F5INO3. The molecule has 0 aliphatic rings. The number of esters is 1. The van der Waals surface area contributed by atoms with Crippen LogP contribution < -0.4 is 4.74 Å². The number of pyridine rings is 1. The average Bonchev–Trinajstić information content (AvgIpc) is 2.27. The van der Waals surface area contributed by atoms with Gasteiger partial charge < -0.3 is 9.47 Å². The Morgan fingerprint density at radius 1 is 1.42 bits per heavy atom. The van der Waals surface area contributed by atoms with Crippen LogP contribution in [0, 0.1) is 3.70 Å². The first-order chi connectivity index (χ1) is 8.67. The van der Waals surface area contributed by atoms with Gasteiger partial charge in [0.05, 0.1) is 18.9 Å². The van der Waals surface area contributed by atoms with Gasteiger partial charge in [-0.05, 0) is 22.6 Å². The molecule has 1 aromatic rings. The van der Waals surface area contributed by atoms with Crippen LogP contribution in [0.15, 0.2) is 6.20 Å². The van der Waals surface area contributed by atoms with E-state index in [9.17, 15) is 26.7 Å². The molecule has 0 aromatic carbocycles. The molecule has 19 heavy (non-hydrogen) atoms. The summed E-state index contributed by atoms with van der Waals surface area (Å²) in [6, 6.07) is 0. The first kappa shape index (κ1) is 15.9. The zero-order chi connectivity index (χ0) is 14.8.